The van der Waals surface area contributed by atoms with Crippen LogP contribution in [0.4, 0.5) is 5.69 Å². The van der Waals surface area contributed by atoms with Crippen molar-refractivity contribution in [3.8, 4) is 11.5 Å². The van der Waals surface area contributed by atoms with Gasteiger partial charge in [-0.3, -0.25) is 4.79 Å². The Balaban J connectivity index is 1.42. The number of aliphatic hydroxyl groups is 1. The van der Waals surface area contributed by atoms with Gasteiger partial charge in [0.1, 0.15) is 0 Å². The van der Waals surface area contributed by atoms with Crippen LogP contribution in [0.1, 0.15) is 22.2 Å². The van der Waals surface area contributed by atoms with Gasteiger partial charge in [0, 0.05) is 10.7 Å². The quantitative estimate of drug-likeness (QED) is 0.699. The molecule has 2 aromatic carbocycles. The van der Waals surface area contributed by atoms with Crippen molar-refractivity contribution in [2.45, 2.75) is 12.6 Å². The molecule has 138 valence electrons. The summed E-state index contributed by atoms with van der Waals surface area (Å²) in [5.74, 6) is 0.819. The van der Waals surface area contributed by atoms with Crippen molar-refractivity contribution in [1.82, 2.24) is 15.0 Å². The lowest BCUT2D eigenvalue weighted by Crippen LogP contribution is -2.12. The summed E-state index contributed by atoms with van der Waals surface area (Å²) in [6, 6.07) is 12.0. The Morgan fingerprint density at radius 1 is 1.26 bits per heavy atom. The minimum atomic E-state index is -0.843. The van der Waals surface area contributed by atoms with E-state index < -0.39 is 12.0 Å². The number of ether oxygens (including phenoxy) is 2. The second kappa shape index (κ2) is 7.26. The number of hydrogen-bond acceptors (Lipinski definition) is 6. The number of aliphatic hydroxyl groups excluding tert-OH is 1. The number of rotatable bonds is 5. The van der Waals surface area contributed by atoms with Crippen molar-refractivity contribution in [3.63, 3.8) is 0 Å². The van der Waals surface area contributed by atoms with Gasteiger partial charge in [0.25, 0.3) is 5.91 Å². The lowest BCUT2D eigenvalue weighted by Gasteiger charge is -2.11. The molecular formula is C18H15ClN4O4. The number of carbonyl (C=O) groups excluding carboxylic acids is 1. The zero-order valence-electron chi connectivity index (χ0n) is 14.0. The molecule has 0 fully saturated rings. The number of aromatic nitrogens is 3. The van der Waals surface area contributed by atoms with Gasteiger partial charge in [0.15, 0.2) is 17.2 Å². The standard InChI is InChI=1S/C18H15ClN4O4/c19-12-2-1-3-13(7-12)20-18(25)14-8-23(22-21-14)9-15(24)11-4-5-16-17(6-11)27-10-26-16/h1-8,15,24H,9-10H2,(H,20,25)/t15-/m1/s1. The fraction of sp³-hybridized carbons (Fsp3) is 0.167. The zero-order valence-corrected chi connectivity index (χ0v) is 14.8. The molecule has 0 saturated heterocycles. The summed E-state index contributed by atoms with van der Waals surface area (Å²) in [6.07, 6.45) is 0.626. The predicted octanol–water partition coefficient (Wildman–Crippen LogP) is 2.65. The molecule has 2 N–H and O–H groups in total. The lowest BCUT2D eigenvalue weighted by atomic mass is 10.1. The van der Waals surface area contributed by atoms with Gasteiger partial charge < -0.3 is 19.9 Å². The van der Waals surface area contributed by atoms with Crippen molar-refractivity contribution >= 4 is 23.2 Å². The molecule has 0 radical (unpaired) electrons. The van der Waals surface area contributed by atoms with Crippen molar-refractivity contribution in [3.05, 3.63) is 64.9 Å². The number of amides is 1. The molecule has 0 aliphatic carbocycles. The second-order valence-corrected chi connectivity index (χ2v) is 6.36. The molecule has 1 aliphatic rings. The van der Waals surface area contributed by atoms with Crippen LogP contribution in [0.3, 0.4) is 0 Å². The minimum Gasteiger partial charge on any atom is -0.454 e. The van der Waals surface area contributed by atoms with Gasteiger partial charge in [0.05, 0.1) is 18.8 Å². The first-order valence-corrected chi connectivity index (χ1v) is 8.51. The molecule has 1 aromatic heterocycles. The maximum absolute atomic E-state index is 12.3. The van der Waals surface area contributed by atoms with Gasteiger partial charge in [-0.15, -0.1) is 5.10 Å². The van der Waals surface area contributed by atoms with Crippen LogP contribution in [-0.2, 0) is 6.54 Å². The minimum absolute atomic E-state index is 0.132. The number of benzene rings is 2. The fourth-order valence-electron chi connectivity index (χ4n) is 2.66. The van der Waals surface area contributed by atoms with Gasteiger partial charge in [0.2, 0.25) is 6.79 Å². The Bertz CT molecular complexity index is 991. The molecule has 3 aromatic rings. The number of fused-ring (bicyclic) bond motifs is 1. The third kappa shape index (κ3) is 3.86. The van der Waals surface area contributed by atoms with Crippen LogP contribution in [0, 0.1) is 0 Å². The molecule has 9 heteroatoms. The first kappa shape index (κ1) is 17.3. The largest absolute Gasteiger partial charge is 0.454 e. The van der Waals surface area contributed by atoms with Crippen LogP contribution >= 0.6 is 11.6 Å². The number of anilines is 1. The van der Waals surface area contributed by atoms with Crippen LogP contribution in [0.2, 0.25) is 5.02 Å². The van der Waals surface area contributed by atoms with Crippen LogP contribution in [0.15, 0.2) is 48.7 Å². The van der Waals surface area contributed by atoms with E-state index in [-0.39, 0.29) is 19.0 Å². The van der Waals surface area contributed by atoms with Gasteiger partial charge in [-0.1, -0.05) is 28.9 Å². The number of carbonyl (C=O) groups is 1. The fourth-order valence-corrected chi connectivity index (χ4v) is 2.85. The highest BCUT2D eigenvalue weighted by Crippen LogP contribution is 2.34. The summed E-state index contributed by atoms with van der Waals surface area (Å²) in [6.45, 7) is 0.306. The zero-order chi connectivity index (χ0) is 18.8. The van der Waals surface area contributed by atoms with Crippen LogP contribution in [0.25, 0.3) is 0 Å². The molecule has 27 heavy (non-hydrogen) atoms. The lowest BCUT2D eigenvalue weighted by molar-refractivity contribution is 0.102. The molecule has 0 saturated carbocycles. The Labute approximate surface area is 159 Å². The highest BCUT2D eigenvalue weighted by atomic mass is 35.5. The SMILES string of the molecule is O=C(Nc1cccc(Cl)c1)c1cn(C[C@@H](O)c2ccc3c(c2)OCO3)nn1. The summed E-state index contributed by atoms with van der Waals surface area (Å²) in [7, 11) is 0. The Kier molecular flexibility index (Phi) is 4.66. The summed E-state index contributed by atoms with van der Waals surface area (Å²) >= 11 is 5.90. The smallest absolute Gasteiger partial charge is 0.277 e. The molecule has 1 amide bonds. The Morgan fingerprint density at radius 2 is 2.11 bits per heavy atom. The average Bonchev–Trinajstić information content (AvgIpc) is 3.30. The molecule has 0 unspecified atom stereocenters. The predicted molar refractivity (Wildman–Crippen MR) is 97.0 cm³/mol. The Morgan fingerprint density at radius 3 is 2.96 bits per heavy atom. The topological polar surface area (TPSA) is 98.5 Å². The number of hydrogen-bond donors (Lipinski definition) is 2. The van der Waals surface area contributed by atoms with E-state index in [1.165, 1.54) is 10.9 Å². The first-order chi connectivity index (χ1) is 13.1. The maximum Gasteiger partial charge on any atom is 0.277 e. The molecule has 8 nitrogen and oxygen atoms in total. The molecule has 4 rings (SSSR count). The normalized spacial score (nSPS) is 13.4. The molecular weight excluding hydrogens is 372 g/mol. The number of nitrogens with zero attached hydrogens (tertiary/aromatic N) is 3. The Hall–Kier alpha value is -3.10. The van der Waals surface area contributed by atoms with Gasteiger partial charge in [-0.05, 0) is 35.9 Å². The highest BCUT2D eigenvalue weighted by molar-refractivity contribution is 6.30. The third-order valence-electron chi connectivity index (χ3n) is 4.00. The van der Waals surface area contributed by atoms with E-state index in [0.29, 0.717) is 27.8 Å². The van der Waals surface area contributed by atoms with E-state index in [9.17, 15) is 9.90 Å². The van der Waals surface area contributed by atoms with Crippen molar-refractivity contribution in [1.29, 1.82) is 0 Å². The van der Waals surface area contributed by atoms with E-state index in [4.69, 9.17) is 21.1 Å². The van der Waals surface area contributed by atoms with Gasteiger partial charge >= 0.3 is 0 Å². The van der Waals surface area contributed by atoms with E-state index >= 15 is 0 Å². The van der Waals surface area contributed by atoms with E-state index in [1.54, 1.807) is 42.5 Å². The molecule has 0 bridgehead atoms. The average molecular weight is 387 g/mol. The second-order valence-electron chi connectivity index (χ2n) is 5.92. The highest BCUT2D eigenvalue weighted by Gasteiger charge is 2.18. The van der Waals surface area contributed by atoms with Gasteiger partial charge in [-0.25, -0.2) is 4.68 Å². The van der Waals surface area contributed by atoms with E-state index in [1.807, 2.05) is 0 Å². The van der Waals surface area contributed by atoms with Crippen molar-refractivity contribution in [2.24, 2.45) is 0 Å². The summed E-state index contributed by atoms with van der Waals surface area (Å²) in [5.41, 5.74) is 1.34. The number of halogens is 1. The number of nitrogens with one attached hydrogen (secondary N) is 1. The monoisotopic (exact) mass is 386 g/mol. The van der Waals surface area contributed by atoms with Crippen molar-refractivity contribution in [2.75, 3.05) is 12.1 Å². The van der Waals surface area contributed by atoms with Crippen LogP contribution in [-0.4, -0.2) is 32.8 Å². The third-order valence-corrected chi connectivity index (χ3v) is 4.23. The molecule has 2 heterocycles. The maximum atomic E-state index is 12.3. The molecule has 0 spiro atoms. The van der Waals surface area contributed by atoms with E-state index in [2.05, 4.69) is 15.6 Å². The summed E-state index contributed by atoms with van der Waals surface area (Å²) in [4.78, 5) is 12.3. The molecule has 1 aliphatic heterocycles. The molecule has 1 atom stereocenters. The van der Waals surface area contributed by atoms with Crippen LogP contribution < -0.4 is 14.8 Å². The first-order valence-electron chi connectivity index (χ1n) is 8.13. The van der Waals surface area contributed by atoms with Gasteiger partial charge in [-0.2, -0.15) is 0 Å². The summed E-state index contributed by atoms with van der Waals surface area (Å²) < 4.78 is 12.0. The van der Waals surface area contributed by atoms with E-state index in [0.717, 1.165) is 0 Å². The van der Waals surface area contributed by atoms with Crippen LogP contribution in [0.5, 0.6) is 11.5 Å². The van der Waals surface area contributed by atoms with Crippen molar-refractivity contribution < 1.29 is 19.4 Å². The summed E-state index contributed by atoms with van der Waals surface area (Å²) in [5, 5.41) is 21.4.